The van der Waals surface area contributed by atoms with Crippen LogP contribution in [0.25, 0.3) is 0 Å². The summed E-state index contributed by atoms with van der Waals surface area (Å²) < 4.78 is 5.32. The molecule has 0 saturated carbocycles. The molecule has 0 aliphatic heterocycles. The van der Waals surface area contributed by atoms with Crippen molar-refractivity contribution in [3.8, 4) is 5.75 Å². The minimum atomic E-state index is -2.17. The molecule has 0 radical (unpaired) electrons. The summed E-state index contributed by atoms with van der Waals surface area (Å²) in [7, 11) is 1.43. The van der Waals surface area contributed by atoms with Crippen LogP contribution in [0.5, 0.6) is 5.75 Å². The highest BCUT2D eigenvalue weighted by Gasteiger charge is 2.67. The zero-order chi connectivity index (χ0) is 22.3. The maximum Gasteiger partial charge on any atom is 0.187 e. The first-order valence-electron chi connectivity index (χ1n) is 10.1. The van der Waals surface area contributed by atoms with Gasteiger partial charge in [-0.1, -0.05) is 41.5 Å². The maximum absolute atomic E-state index is 14.0. The molecule has 5 heteroatoms. The lowest BCUT2D eigenvalue weighted by Gasteiger charge is -2.40. The first-order valence-corrected chi connectivity index (χ1v) is 10.1. The molecular weight excluding hydrogens is 380 g/mol. The van der Waals surface area contributed by atoms with Crippen molar-refractivity contribution >= 4 is 17.3 Å². The van der Waals surface area contributed by atoms with Gasteiger partial charge in [0.2, 0.25) is 0 Å². The summed E-state index contributed by atoms with van der Waals surface area (Å²) in [6, 6.07) is 4.76. The van der Waals surface area contributed by atoms with E-state index < -0.39 is 34.3 Å². The fraction of sp³-hybridized carbons (Fsp3) is 0.400. The van der Waals surface area contributed by atoms with Gasteiger partial charge in [0.25, 0.3) is 0 Å². The zero-order valence-electron chi connectivity index (χ0n) is 18.1. The third-order valence-corrected chi connectivity index (χ3v) is 6.07. The number of methoxy groups -OCH3 is 1. The third kappa shape index (κ3) is 3.08. The Bertz CT molecular complexity index is 982. The lowest BCUT2D eigenvalue weighted by Crippen LogP contribution is -2.55. The summed E-state index contributed by atoms with van der Waals surface area (Å²) >= 11 is 0. The summed E-state index contributed by atoms with van der Waals surface area (Å²) in [5.74, 6) is -1.58. The van der Waals surface area contributed by atoms with E-state index in [-0.39, 0.29) is 11.1 Å². The average Bonchev–Trinajstić information content (AvgIpc) is 2.94. The van der Waals surface area contributed by atoms with E-state index in [2.05, 4.69) is 0 Å². The first-order chi connectivity index (χ1) is 14.1. The Balaban J connectivity index is 2.23. The summed E-state index contributed by atoms with van der Waals surface area (Å²) in [6.45, 7) is 7.73. The van der Waals surface area contributed by atoms with Crippen molar-refractivity contribution in [2.24, 2.45) is 10.8 Å². The van der Waals surface area contributed by atoms with Crippen LogP contribution in [-0.4, -0.2) is 29.6 Å². The van der Waals surface area contributed by atoms with Gasteiger partial charge in [-0.25, -0.2) is 0 Å². The Morgan fingerprint density at radius 2 is 1.67 bits per heavy atom. The normalized spacial score (nSPS) is 24.1. The zero-order valence-corrected chi connectivity index (χ0v) is 18.1. The molecule has 0 amide bonds. The predicted molar refractivity (Wildman–Crippen MR) is 114 cm³/mol. The van der Waals surface area contributed by atoms with Crippen molar-refractivity contribution in [1.29, 1.82) is 0 Å². The van der Waals surface area contributed by atoms with Crippen molar-refractivity contribution in [2.75, 3.05) is 7.11 Å². The number of fused-ring (bicyclic) bond motifs is 1. The van der Waals surface area contributed by atoms with E-state index in [0.717, 1.165) is 11.1 Å². The summed E-state index contributed by atoms with van der Waals surface area (Å²) in [5, 5.41) is 11.3. The van der Waals surface area contributed by atoms with E-state index in [1.165, 1.54) is 19.3 Å². The number of aliphatic hydroxyl groups is 1. The maximum atomic E-state index is 14.0. The number of carbonyl (C=O) groups is 3. The van der Waals surface area contributed by atoms with E-state index in [1.54, 1.807) is 18.2 Å². The van der Waals surface area contributed by atoms with Crippen molar-refractivity contribution in [1.82, 2.24) is 0 Å². The van der Waals surface area contributed by atoms with Gasteiger partial charge in [-0.2, -0.15) is 0 Å². The van der Waals surface area contributed by atoms with Gasteiger partial charge in [0.05, 0.1) is 12.5 Å². The number of ether oxygens (including phenoxy) is 1. The minimum absolute atomic E-state index is 0.164. The van der Waals surface area contributed by atoms with Crippen LogP contribution in [0.3, 0.4) is 0 Å². The molecule has 1 aromatic carbocycles. The molecule has 1 aromatic rings. The van der Waals surface area contributed by atoms with E-state index in [1.807, 2.05) is 39.8 Å². The Morgan fingerprint density at radius 1 is 1.07 bits per heavy atom. The second kappa shape index (κ2) is 7.80. The molecule has 0 aromatic heterocycles. The molecule has 30 heavy (non-hydrogen) atoms. The lowest BCUT2D eigenvalue weighted by atomic mass is 9.58. The molecule has 1 N–H and O–H groups in total. The van der Waals surface area contributed by atoms with Gasteiger partial charge in [-0.3, -0.25) is 14.4 Å². The van der Waals surface area contributed by atoms with E-state index >= 15 is 0 Å². The summed E-state index contributed by atoms with van der Waals surface area (Å²) in [5.41, 5.74) is -0.827. The fourth-order valence-electron chi connectivity index (χ4n) is 4.35. The Kier molecular flexibility index (Phi) is 5.70. The first kappa shape index (κ1) is 21.9. The monoisotopic (exact) mass is 408 g/mol. The Labute approximate surface area is 177 Å². The molecule has 0 bridgehead atoms. The van der Waals surface area contributed by atoms with Crippen LogP contribution in [0.15, 0.2) is 53.6 Å². The fourth-order valence-corrected chi connectivity index (χ4v) is 4.35. The lowest BCUT2D eigenvalue weighted by molar-refractivity contribution is -0.148. The largest absolute Gasteiger partial charge is 0.496 e. The molecule has 1 spiro atoms. The molecule has 5 nitrogen and oxygen atoms in total. The van der Waals surface area contributed by atoms with Crippen molar-refractivity contribution in [3.05, 3.63) is 64.8 Å². The van der Waals surface area contributed by atoms with Crippen LogP contribution in [-0.2, 0) is 9.59 Å². The van der Waals surface area contributed by atoms with Gasteiger partial charge in [-0.05, 0) is 52.7 Å². The molecule has 0 heterocycles. The second-order valence-electron chi connectivity index (χ2n) is 8.62. The third-order valence-electron chi connectivity index (χ3n) is 6.07. The van der Waals surface area contributed by atoms with Crippen molar-refractivity contribution < 1.29 is 24.2 Å². The standard InChI is InChI=1S/C25H28O5/c1-15(2)9-12-24(13-10-16(3)4)14-11-19(26)25(23(24)29)21(27)17-7-6-8-18(30-5)20(17)22(25)28/h6-11,14,22,28H,12-13H2,1-5H3/t22-,25+/m0/s1. The highest BCUT2D eigenvalue weighted by Crippen LogP contribution is 2.56. The molecule has 0 saturated heterocycles. The van der Waals surface area contributed by atoms with Crippen LogP contribution in [0.1, 0.15) is 62.6 Å². The molecule has 0 unspecified atom stereocenters. The minimum Gasteiger partial charge on any atom is -0.496 e. The number of allylic oxidation sites excluding steroid dienone is 6. The van der Waals surface area contributed by atoms with Gasteiger partial charge >= 0.3 is 0 Å². The molecule has 2 aliphatic carbocycles. The molecule has 158 valence electrons. The Morgan fingerprint density at radius 3 is 2.20 bits per heavy atom. The number of hydrogen-bond donors (Lipinski definition) is 1. The van der Waals surface area contributed by atoms with Gasteiger partial charge in [0.1, 0.15) is 11.9 Å². The van der Waals surface area contributed by atoms with Gasteiger partial charge in [0.15, 0.2) is 22.8 Å². The number of carbonyl (C=O) groups excluding carboxylic acids is 3. The molecule has 2 atom stereocenters. The van der Waals surface area contributed by atoms with Crippen molar-refractivity contribution in [3.63, 3.8) is 0 Å². The van der Waals surface area contributed by atoms with Gasteiger partial charge in [-0.15, -0.1) is 0 Å². The van der Waals surface area contributed by atoms with Crippen molar-refractivity contribution in [2.45, 2.75) is 46.6 Å². The second-order valence-corrected chi connectivity index (χ2v) is 8.62. The van der Waals surface area contributed by atoms with Crippen LogP contribution >= 0.6 is 0 Å². The van der Waals surface area contributed by atoms with Crippen LogP contribution in [0.4, 0.5) is 0 Å². The quantitative estimate of drug-likeness (QED) is 0.580. The number of rotatable bonds is 5. The molecule has 0 fully saturated rings. The van der Waals surface area contributed by atoms with E-state index in [0.29, 0.717) is 18.6 Å². The number of Topliss-reactive ketones (excluding diaryl/α,β-unsaturated/α-hetero) is 2. The van der Waals surface area contributed by atoms with Crippen LogP contribution in [0, 0.1) is 10.8 Å². The molecular formula is C25H28O5. The van der Waals surface area contributed by atoms with Crippen LogP contribution in [0.2, 0.25) is 0 Å². The van der Waals surface area contributed by atoms with Crippen LogP contribution < -0.4 is 4.74 Å². The number of ketones is 3. The highest BCUT2D eigenvalue weighted by atomic mass is 16.5. The summed E-state index contributed by atoms with van der Waals surface area (Å²) in [4.78, 5) is 40.7. The smallest absolute Gasteiger partial charge is 0.187 e. The van der Waals surface area contributed by atoms with Gasteiger partial charge < -0.3 is 9.84 Å². The topological polar surface area (TPSA) is 80.7 Å². The number of benzene rings is 1. The SMILES string of the molecule is COc1cccc2c1[C@H](O)[C@@]1(C(=O)C=CC(CC=C(C)C)(CC=C(C)C)C1=O)C2=O. The van der Waals surface area contributed by atoms with E-state index in [4.69, 9.17) is 4.74 Å². The van der Waals surface area contributed by atoms with Gasteiger partial charge in [0, 0.05) is 11.1 Å². The Hall–Kier alpha value is -2.79. The predicted octanol–water partition coefficient (Wildman–Crippen LogP) is 4.32. The highest BCUT2D eigenvalue weighted by molar-refractivity contribution is 6.36. The summed E-state index contributed by atoms with van der Waals surface area (Å²) in [6.07, 6.45) is 5.89. The number of hydrogen-bond acceptors (Lipinski definition) is 5. The van der Waals surface area contributed by atoms with E-state index in [9.17, 15) is 19.5 Å². The number of aliphatic hydroxyl groups excluding tert-OH is 1. The molecule has 3 rings (SSSR count). The molecule has 2 aliphatic rings. The average molecular weight is 408 g/mol.